The van der Waals surface area contributed by atoms with Crippen molar-refractivity contribution < 1.29 is 8.78 Å². The zero-order valence-electron chi connectivity index (χ0n) is 9.95. The number of halogens is 2. The van der Waals surface area contributed by atoms with E-state index in [-0.39, 0.29) is 5.69 Å². The molecule has 18 heavy (non-hydrogen) atoms. The normalized spacial score (nSPS) is 10.4. The van der Waals surface area contributed by atoms with E-state index < -0.39 is 11.6 Å². The molecule has 3 nitrogen and oxygen atoms in total. The van der Waals surface area contributed by atoms with Gasteiger partial charge < -0.3 is 5.32 Å². The van der Waals surface area contributed by atoms with Gasteiger partial charge in [0, 0.05) is 18.8 Å². The number of aromatic nitrogens is 2. The minimum Gasteiger partial charge on any atom is -0.352 e. The third kappa shape index (κ3) is 2.40. The number of hydrogen-bond acceptors (Lipinski definition) is 2. The minimum atomic E-state index is -0.631. The van der Waals surface area contributed by atoms with Crippen molar-refractivity contribution in [2.24, 2.45) is 0 Å². The smallest absolute Gasteiger partial charge is 0.208 e. The predicted molar refractivity (Wildman–Crippen MR) is 66.9 cm³/mol. The molecule has 0 aliphatic heterocycles. The van der Waals surface area contributed by atoms with Crippen LogP contribution in [-0.4, -0.2) is 16.1 Å². The summed E-state index contributed by atoms with van der Waals surface area (Å²) < 4.78 is 28.1. The van der Waals surface area contributed by atoms with Gasteiger partial charge in [0.25, 0.3) is 0 Å². The van der Waals surface area contributed by atoms with E-state index in [2.05, 4.69) is 16.9 Å². The standard InChI is InChI=1S/C13H13F2N3/c1-3-6-16-13-17-9(2)8-18(13)12-5-4-10(14)7-11(12)15/h3-5,7-8H,1,6H2,2H3,(H,16,17). The van der Waals surface area contributed by atoms with Crippen LogP contribution in [0.2, 0.25) is 0 Å². The van der Waals surface area contributed by atoms with E-state index in [0.717, 1.165) is 11.8 Å². The second-order valence-corrected chi connectivity index (χ2v) is 3.84. The fraction of sp³-hybridized carbons (Fsp3) is 0.154. The van der Waals surface area contributed by atoms with Gasteiger partial charge in [-0.05, 0) is 19.1 Å². The van der Waals surface area contributed by atoms with Gasteiger partial charge in [-0.2, -0.15) is 0 Å². The third-order valence-corrected chi connectivity index (χ3v) is 2.40. The van der Waals surface area contributed by atoms with Crippen LogP contribution in [0, 0.1) is 18.6 Å². The molecule has 0 spiro atoms. The van der Waals surface area contributed by atoms with Crippen LogP contribution < -0.4 is 5.32 Å². The number of aryl methyl sites for hydroxylation is 1. The van der Waals surface area contributed by atoms with E-state index in [1.54, 1.807) is 23.8 Å². The Hall–Kier alpha value is -2.17. The topological polar surface area (TPSA) is 29.9 Å². The summed E-state index contributed by atoms with van der Waals surface area (Å²) in [5.41, 5.74) is 0.994. The first kappa shape index (κ1) is 12.3. The molecule has 1 aromatic heterocycles. The molecule has 1 heterocycles. The second kappa shape index (κ2) is 5.00. The van der Waals surface area contributed by atoms with Crippen molar-refractivity contribution in [3.63, 3.8) is 0 Å². The largest absolute Gasteiger partial charge is 0.352 e. The SMILES string of the molecule is C=CCNc1nc(C)cn1-c1ccc(F)cc1F. The quantitative estimate of drug-likeness (QED) is 0.844. The predicted octanol–water partition coefficient (Wildman–Crippen LogP) is 3.06. The molecule has 0 amide bonds. The molecular formula is C13H13F2N3. The van der Waals surface area contributed by atoms with Gasteiger partial charge in [-0.15, -0.1) is 6.58 Å². The molecule has 0 bridgehead atoms. The van der Waals surface area contributed by atoms with Crippen molar-refractivity contribution in [2.75, 3.05) is 11.9 Å². The average Bonchev–Trinajstić information content (AvgIpc) is 2.67. The van der Waals surface area contributed by atoms with E-state index in [9.17, 15) is 8.78 Å². The van der Waals surface area contributed by atoms with Crippen LogP contribution in [0.3, 0.4) is 0 Å². The molecule has 1 N–H and O–H groups in total. The number of imidazole rings is 1. The van der Waals surface area contributed by atoms with Crippen molar-refractivity contribution in [3.8, 4) is 5.69 Å². The summed E-state index contributed by atoms with van der Waals surface area (Å²) in [6.07, 6.45) is 3.36. The Morgan fingerprint density at radius 2 is 2.22 bits per heavy atom. The van der Waals surface area contributed by atoms with Gasteiger partial charge in [-0.25, -0.2) is 13.8 Å². The molecule has 0 saturated carbocycles. The summed E-state index contributed by atoms with van der Waals surface area (Å²) in [4.78, 5) is 4.23. The van der Waals surface area contributed by atoms with Crippen LogP contribution in [0.4, 0.5) is 14.7 Å². The van der Waals surface area contributed by atoms with E-state index in [4.69, 9.17) is 0 Å². The highest BCUT2D eigenvalue weighted by Gasteiger charge is 2.11. The zero-order valence-corrected chi connectivity index (χ0v) is 9.95. The summed E-state index contributed by atoms with van der Waals surface area (Å²) >= 11 is 0. The Labute approximate surface area is 104 Å². The van der Waals surface area contributed by atoms with Gasteiger partial charge in [0.15, 0.2) is 0 Å². The van der Waals surface area contributed by atoms with E-state index in [0.29, 0.717) is 12.5 Å². The van der Waals surface area contributed by atoms with Crippen LogP contribution >= 0.6 is 0 Å². The molecule has 0 radical (unpaired) electrons. The molecule has 0 fully saturated rings. The molecule has 0 aliphatic carbocycles. The van der Waals surface area contributed by atoms with E-state index in [1.165, 1.54) is 12.1 Å². The molecule has 1 aromatic carbocycles. The lowest BCUT2D eigenvalue weighted by Gasteiger charge is -2.09. The van der Waals surface area contributed by atoms with Crippen LogP contribution in [0.15, 0.2) is 37.1 Å². The first-order valence-corrected chi connectivity index (χ1v) is 5.48. The van der Waals surface area contributed by atoms with Crippen molar-refractivity contribution >= 4 is 5.95 Å². The number of benzene rings is 1. The van der Waals surface area contributed by atoms with Gasteiger partial charge in [-0.1, -0.05) is 6.08 Å². The first-order chi connectivity index (χ1) is 8.61. The summed E-state index contributed by atoms with van der Waals surface area (Å²) in [5.74, 6) is -0.736. The van der Waals surface area contributed by atoms with E-state index >= 15 is 0 Å². The highest BCUT2D eigenvalue weighted by atomic mass is 19.1. The average molecular weight is 249 g/mol. The summed E-state index contributed by atoms with van der Waals surface area (Å²) in [5, 5.41) is 3.00. The van der Waals surface area contributed by atoms with Crippen molar-refractivity contribution in [1.82, 2.24) is 9.55 Å². The zero-order chi connectivity index (χ0) is 13.1. The third-order valence-electron chi connectivity index (χ3n) is 2.40. The maximum atomic E-state index is 13.7. The van der Waals surface area contributed by atoms with Gasteiger partial charge in [0.05, 0.1) is 11.4 Å². The Balaban J connectivity index is 2.45. The van der Waals surface area contributed by atoms with Crippen LogP contribution in [0.5, 0.6) is 0 Å². The lowest BCUT2D eigenvalue weighted by Crippen LogP contribution is -2.07. The molecule has 5 heteroatoms. The lowest BCUT2D eigenvalue weighted by atomic mass is 10.3. The highest BCUT2D eigenvalue weighted by Crippen LogP contribution is 2.20. The Morgan fingerprint density at radius 3 is 2.89 bits per heavy atom. The Morgan fingerprint density at radius 1 is 1.44 bits per heavy atom. The van der Waals surface area contributed by atoms with Gasteiger partial charge in [0.1, 0.15) is 11.6 Å². The van der Waals surface area contributed by atoms with Crippen LogP contribution in [0.25, 0.3) is 5.69 Å². The second-order valence-electron chi connectivity index (χ2n) is 3.84. The number of nitrogens with zero attached hydrogens (tertiary/aromatic N) is 2. The molecule has 0 atom stereocenters. The van der Waals surface area contributed by atoms with Crippen LogP contribution in [0.1, 0.15) is 5.69 Å². The molecule has 0 aliphatic rings. The molecule has 2 rings (SSSR count). The lowest BCUT2D eigenvalue weighted by molar-refractivity contribution is 0.578. The number of nitrogens with one attached hydrogen (secondary N) is 1. The van der Waals surface area contributed by atoms with Crippen molar-refractivity contribution in [3.05, 3.63) is 54.4 Å². The maximum absolute atomic E-state index is 13.7. The Kier molecular flexibility index (Phi) is 3.41. The number of rotatable bonds is 4. The fourth-order valence-corrected chi connectivity index (χ4v) is 1.65. The van der Waals surface area contributed by atoms with Crippen molar-refractivity contribution in [1.29, 1.82) is 0 Å². The Bertz CT molecular complexity index is 576. The highest BCUT2D eigenvalue weighted by molar-refractivity contribution is 5.44. The molecule has 0 unspecified atom stereocenters. The first-order valence-electron chi connectivity index (χ1n) is 5.48. The van der Waals surface area contributed by atoms with Gasteiger partial charge in [-0.3, -0.25) is 4.57 Å². The summed E-state index contributed by atoms with van der Waals surface area (Å²) in [7, 11) is 0. The van der Waals surface area contributed by atoms with Crippen molar-refractivity contribution in [2.45, 2.75) is 6.92 Å². The van der Waals surface area contributed by atoms with E-state index in [1.807, 2.05) is 0 Å². The van der Waals surface area contributed by atoms with Crippen LogP contribution in [-0.2, 0) is 0 Å². The minimum absolute atomic E-state index is 0.253. The maximum Gasteiger partial charge on any atom is 0.208 e. The molecular weight excluding hydrogens is 236 g/mol. The molecule has 94 valence electrons. The van der Waals surface area contributed by atoms with Gasteiger partial charge in [0.2, 0.25) is 5.95 Å². The van der Waals surface area contributed by atoms with Gasteiger partial charge >= 0.3 is 0 Å². The number of anilines is 1. The monoisotopic (exact) mass is 249 g/mol. The summed E-state index contributed by atoms with van der Waals surface area (Å²) in [6.45, 7) is 5.91. The molecule has 2 aromatic rings. The number of hydrogen-bond donors (Lipinski definition) is 1. The summed E-state index contributed by atoms with van der Waals surface area (Å²) in [6, 6.07) is 3.44. The molecule has 0 saturated heterocycles. The fourth-order valence-electron chi connectivity index (χ4n) is 1.65.